The number of benzene rings is 1. The highest BCUT2D eigenvalue weighted by atomic mass is 32.1. The largest absolute Gasteiger partial charge is 0.397 e. The van der Waals surface area contributed by atoms with Crippen molar-refractivity contribution in [3.63, 3.8) is 0 Å². The van der Waals surface area contributed by atoms with E-state index in [2.05, 4.69) is 8.75 Å². The number of aryl methyl sites for hydroxylation is 1. The van der Waals surface area contributed by atoms with Crippen LogP contribution >= 0.6 is 11.7 Å². The van der Waals surface area contributed by atoms with Gasteiger partial charge < -0.3 is 5.73 Å². The van der Waals surface area contributed by atoms with E-state index in [4.69, 9.17) is 5.73 Å². The Bertz CT molecular complexity index is 525. The van der Waals surface area contributed by atoms with Crippen molar-refractivity contribution in [1.29, 1.82) is 0 Å². The second-order valence-electron chi connectivity index (χ2n) is 3.44. The molecule has 0 atom stereocenters. The molecule has 0 aliphatic carbocycles. The first-order valence-corrected chi connectivity index (χ1v) is 5.53. The van der Waals surface area contributed by atoms with Crippen LogP contribution in [-0.2, 0) is 6.42 Å². The predicted octanol–water partition coefficient (Wildman–Crippen LogP) is 1.48. The molecule has 0 bridgehead atoms. The molecule has 2 rings (SSSR count). The molecule has 0 amide bonds. The van der Waals surface area contributed by atoms with E-state index in [0.29, 0.717) is 24.0 Å². The van der Waals surface area contributed by atoms with Gasteiger partial charge in [0, 0.05) is 11.3 Å². The van der Waals surface area contributed by atoms with E-state index in [1.54, 1.807) is 6.07 Å². The summed E-state index contributed by atoms with van der Waals surface area (Å²) in [5.74, 6) is 0. The molecular formula is C9H10N4O2S. The van der Waals surface area contributed by atoms with Gasteiger partial charge in [-0.2, -0.15) is 8.75 Å². The lowest BCUT2D eigenvalue weighted by atomic mass is 10.1. The zero-order valence-corrected chi connectivity index (χ0v) is 9.24. The number of aromatic nitrogens is 2. The van der Waals surface area contributed by atoms with Crippen molar-refractivity contribution in [3.05, 3.63) is 27.8 Å². The minimum absolute atomic E-state index is 0.0244. The van der Waals surface area contributed by atoms with Crippen molar-refractivity contribution < 1.29 is 4.92 Å². The van der Waals surface area contributed by atoms with Crippen LogP contribution in [0.1, 0.15) is 12.0 Å². The fourth-order valence-electron chi connectivity index (χ4n) is 1.54. The standard InChI is InChI=1S/C9H10N4O2S/c10-7-4-3-6(2-1-5-13(14)15)8-9(7)12-16-11-8/h3-4H,1-2,5,10H2. The van der Waals surface area contributed by atoms with Crippen molar-refractivity contribution in [2.45, 2.75) is 12.8 Å². The topological polar surface area (TPSA) is 94.9 Å². The van der Waals surface area contributed by atoms with Crippen LogP contribution in [0.25, 0.3) is 11.0 Å². The van der Waals surface area contributed by atoms with Crippen molar-refractivity contribution in [2.75, 3.05) is 12.3 Å². The summed E-state index contributed by atoms with van der Waals surface area (Å²) >= 11 is 1.11. The molecule has 2 aromatic rings. The maximum atomic E-state index is 10.2. The third-order valence-corrected chi connectivity index (χ3v) is 2.85. The first kappa shape index (κ1) is 10.7. The molecule has 1 heterocycles. The van der Waals surface area contributed by atoms with Gasteiger partial charge in [-0.15, -0.1) is 0 Å². The second-order valence-corrected chi connectivity index (χ2v) is 3.96. The van der Waals surface area contributed by atoms with Gasteiger partial charge in [0.15, 0.2) is 0 Å². The molecule has 0 aliphatic heterocycles. The van der Waals surface area contributed by atoms with E-state index < -0.39 is 0 Å². The molecule has 0 unspecified atom stereocenters. The Morgan fingerprint density at radius 3 is 2.88 bits per heavy atom. The van der Waals surface area contributed by atoms with Crippen LogP contribution in [0.5, 0.6) is 0 Å². The second kappa shape index (κ2) is 4.40. The summed E-state index contributed by atoms with van der Waals surface area (Å²) in [6, 6.07) is 3.63. The monoisotopic (exact) mass is 238 g/mol. The molecule has 0 fully saturated rings. The van der Waals surface area contributed by atoms with Gasteiger partial charge in [0.25, 0.3) is 0 Å². The Balaban J connectivity index is 2.21. The smallest absolute Gasteiger partial charge is 0.204 e. The van der Waals surface area contributed by atoms with Crippen LogP contribution in [-0.4, -0.2) is 20.2 Å². The number of hydrogen-bond donors (Lipinski definition) is 1. The number of nitro groups is 1. The predicted molar refractivity (Wildman–Crippen MR) is 62.0 cm³/mol. The van der Waals surface area contributed by atoms with Gasteiger partial charge in [-0.05, 0) is 18.1 Å². The normalized spacial score (nSPS) is 10.8. The number of nitrogens with zero attached hydrogens (tertiary/aromatic N) is 3. The Kier molecular flexibility index (Phi) is 2.95. The highest BCUT2D eigenvalue weighted by Gasteiger charge is 2.09. The van der Waals surface area contributed by atoms with Crippen LogP contribution < -0.4 is 5.73 Å². The quantitative estimate of drug-likeness (QED) is 0.494. The van der Waals surface area contributed by atoms with Crippen LogP contribution in [0.2, 0.25) is 0 Å². The van der Waals surface area contributed by atoms with Gasteiger partial charge >= 0.3 is 0 Å². The summed E-state index contributed by atoms with van der Waals surface area (Å²) in [6.07, 6.45) is 1.13. The lowest BCUT2D eigenvalue weighted by Crippen LogP contribution is -2.02. The molecule has 0 saturated heterocycles. The maximum absolute atomic E-state index is 10.2. The Hall–Kier alpha value is -1.76. The maximum Gasteiger partial charge on any atom is 0.204 e. The third-order valence-electron chi connectivity index (χ3n) is 2.32. The van der Waals surface area contributed by atoms with Gasteiger partial charge in [-0.1, -0.05) is 6.07 Å². The number of nitrogen functional groups attached to an aromatic ring is 1. The molecule has 6 nitrogen and oxygen atoms in total. The fraction of sp³-hybridized carbons (Fsp3) is 0.333. The summed E-state index contributed by atoms with van der Waals surface area (Å²) in [5.41, 5.74) is 8.78. The number of fused-ring (bicyclic) bond motifs is 1. The molecule has 2 N–H and O–H groups in total. The zero-order valence-electron chi connectivity index (χ0n) is 8.42. The number of nitrogens with two attached hydrogens (primary N) is 1. The van der Waals surface area contributed by atoms with Crippen molar-refractivity contribution >= 4 is 28.4 Å². The average Bonchev–Trinajstić information content (AvgIpc) is 2.70. The first-order valence-electron chi connectivity index (χ1n) is 4.80. The van der Waals surface area contributed by atoms with Gasteiger partial charge in [0.1, 0.15) is 11.0 Å². The van der Waals surface area contributed by atoms with Gasteiger partial charge in [-0.3, -0.25) is 10.1 Å². The van der Waals surface area contributed by atoms with E-state index in [1.807, 2.05) is 6.07 Å². The Morgan fingerprint density at radius 2 is 2.12 bits per heavy atom. The number of anilines is 1. The number of rotatable bonds is 4. The minimum atomic E-state index is -0.312. The molecule has 1 aromatic heterocycles. The van der Waals surface area contributed by atoms with E-state index in [-0.39, 0.29) is 11.5 Å². The molecule has 0 saturated carbocycles. The van der Waals surface area contributed by atoms with Crippen LogP contribution in [0, 0.1) is 10.1 Å². The van der Waals surface area contributed by atoms with E-state index >= 15 is 0 Å². The van der Waals surface area contributed by atoms with E-state index in [1.165, 1.54) is 0 Å². The third kappa shape index (κ3) is 2.08. The Morgan fingerprint density at radius 1 is 1.38 bits per heavy atom. The highest BCUT2D eigenvalue weighted by Crippen LogP contribution is 2.23. The van der Waals surface area contributed by atoms with Crippen molar-refractivity contribution in [1.82, 2.24) is 8.75 Å². The summed E-state index contributed by atoms with van der Waals surface area (Å²) in [5, 5.41) is 10.2. The van der Waals surface area contributed by atoms with Crippen LogP contribution in [0.4, 0.5) is 5.69 Å². The molecule has 7 heteroatoms. The Labute approximate surface area is 95.6 Å². The highest BCUT2D eigenvalue weighted by molar-refractivity contribution is 7.00. The molecule has 0 aliphatic rings. The SMILES string of the molecule is Nc1ccc(CCC[N+](=O)[O-])c2nsnc12. The molecule has 0 spiro atoms. The average molecular weight is 238 g/mol. The first-order chi connectivity index (χ1) is 7.68. The number of hydrogen-bond acceptors (Lipinski definition) is 6. The lowest BCUT2D eigenvalue weighted by Gasteiger charge is -2.01. The van der Waals surface area contributed by atoms with Crippen molar-refractivity contribution in [2.24, 2.45) is 0 Å². The van der Waals surface area contributed by atoms with E-state index in [9.17, 15) is 10.1 Å². The summed E-state index contributed by atoms with van der Waals surface area (Å²) < 4.78 is 8.25. The van der Waals surface area contributed by atoms with Gasteiger partial charge in [0.2, 0.25) is 6.54 Å². The van der Waals surface area contributed by atoms with Crippen LogP contribution in [0.3, 0.4) is 0 Å². The molecule has 84 valence electrons. The van der Waals surface area contributed by atoms with Gasteiger partial charge in [-0.25, -0.2) is 0 Å². The fourth-order valence-corrected chi connectivity index (χ4v) is 2.14. The van der Waals surface area contributed by atoms with Crippen molar-refractivity contribution in [3.8, 4) is 0 Å². The lowest BCUT2D eigenvalue weighted by molar-refractivity contribution is -0.480. The summed E-state index contributed by atoms with van der Waals surface area (Å²) in [6.45, 7) is -0.0244. The molecule has 16 heavy (non-hydrogen) atoms. The van der Waals surface area contributed by atoms with Gasteiger partial charge in [0.05, 0.1) is 17.4 Å². The molecule has 0 radical (unpaired) electrons. The summed E-state index contributed by atoms with van der Waals surface area (Å²) in [4.78, 5) is 9.91. The van der Waals surface area contributed by atoms with E-state index in [0.717, 1.165) is 22.8 Å². The molecule has 1 aromatic carbocycles. The zero-order chi connectivity index (χ0) is 11.5. The molecular weight excluding hydrogens is 228 g/mol. The minimum Gasteiger partial charge on any atom is -0.397 e. The summed E-state index contributed by atoms with van der Waals surface area (Å²) in [7, 11) is 0. The van der Waals surface area contributed by atoms with Crippen LogP contribution in [0.15, 0.2) is 12.1 Å².